The predicted molar refractivity (Wildman–Crippen MR) is 344 cm³/mol. The van der Waals surface area contributed by atoms with E-state index >= 15 is 0 Å². The average molecular weight is 1110 g/mol. The fourth-order valence-corrected chi connectivity index (χ4v) is 10.5. The Hall–Kier alpha value is -2.63. The van der Waals surface area contributed by atoms with E-state index in [2.05, 4.69) is 69.4 Å². The van der Waals surface area contributed by atoms with E-state index in [0.29, 0.717) is 19.3 Å². The summed E-state index contributed by atoms with van der Waals surface area (Å²) in [6.45, 7) is 6.67. The second kappa shape index (κ2) is 67.9. The lowest BCUT2D eigenvalue weighted by molar-refractivity contribution is -0.167. The van der Waals surface area contributed by atoms with Crippen LogP contribution in [0.2, 0.25) is 0 Å². The van der Waals surface area contributed by atoms with Gasteiger partial charge in [-0.05, 0) is 83.5 Å². The molecule has 0 bridgehead atoms. The van der Waals surface area contributed by atoms with Gasteiger partial charge < -0.3 is 14.2 Å². The number of esters is 3. The summed E-state index contributed by atoms with van der Waals surface area (Å²) < 4.78 is 17.0. The summed E-state index contributed by atoms with van der Waals surface area (Å²) in [6, 6.07) is 0. The van der Waals surface area contributed by atoms with Gasteiger partial charge in [-0.3, -0.25) is 14.4 Å². The highest BCUT2D eigenvalue weighted by Crippen LogP contribution is 2.18. The van der Waals surface area contributed by atoms with Gasteiger partial charge in [0.25, 0.3) is 0 Å². The maximum Gasteiger partial charge on any atom is 0.306 e. The molecule has 0 amide bonds. The largest absolute Gasteiger partial charge is 0.462 e. The van der Waals surface area contributed by atoms with Crippen molar-refractivity contribution in [3.63, 3.8) is 0 Å². The fraction of sp³-hybridized carbons (Fsp3) is 0.849. The van der Waals surface area contributed by atoms with Crippen molar-refractivity contribution in [3.05, 3.63) is 48.6 Å². The van der Waals surface area contributed by atoms with Crippen LogP contribution in [0.4, 0.5) is 0 Å². The number of hydrogen-bond acceptors (Lipinski definition) is 6. The average Bonchev–Trinajstić information content (AvgIpc) is 3.45. The summed E-state index contributed by atoms with van der Waals surface area (Å²) in [4.78, 5) is 38.4. The van der Waals surface area contributed by atoms with Crippen LogP contribution in [0.25, 0.3) is 0 Å². The number of allylic oxidation sites excluding steroid dienone is 8. The molecule has 0 heterocycles. The van der Waals surface area contributed by atoms with Crippen molar-refractivity contribution in [1.29, 1.82) is 0 Å². The molecule has 0 spiro atoms. The molecule has 0 aromatic carbocycles. The highest BCUT2D eigenvalue weighted by Gasteiger charge is 2.19. The van der Waals surface area contributed by atoms with Crippen LogP contribution in [0, 0.1) is 0 Å². The molecule has 0 fully saturated rings. The van der Waals surface area contributed by atoms with Crippen LogP contribution in [0.15, 0.2) is 48.6 Å². The standard InChI is InChI=1S/C73H134O6/c1-4-7-10-13-16-19-22-25-27-29-31-33-34-35-36-37-38-40-41-43-45-48-51-54-57-60-63-66-72(75)78-69-70(68-77-71(74)65-62-59-56-53-50-47-24-21-18-15-12-9-6-3)79-73(76)67-64-61-58-55-52-49-46-44-42-39-32-30-28-26-23-20-17-14-11-8-5-2/h21-22,24-25,29,31,34-35,70H,4-20,23,26-28,30,32-33,36-69H2,1-3H3/b24-21-,25-22-,31-29-,35-34-. The zero-order valence-electron chi connectivity index (χ0n) is 53.2. The Morgan fingerprint density at radius 2 is 0.456 bits per heavy atom. The summed E-state index contributed by atoms with van der Waals surface area (Å²) in [5.41, 5.74) is 0. The molecule has 1 atom stereocenters. The quantitative estimate of drug-likeness (QED) is 0.0261. The molecule has 462 valence electrons. The first-order valence-electron chi connectivity index (χ1n) is 35.1. The van der Waals surface area contributed by atoms with E-state index in [-0.39, 0.29) is 31.1 Å². The maximum absolute atomic E-state index is 12.9. The van der Waals surface area contributed by atoms with Gasteiger partial charge in [-0.2, -0.15) is 0 Å². The van der Waals surface area contributed by atoms with Crippen molar-refractivity contribution < 1.29 is 28.6 Å². The molecule has 1 unspecified atom stereocenters. The number of hydrogen-bond donors (Lipinski definition) is 0. The van der Waals surface area contributed by atoms with E-state index < -0.39 is 6.10 Å². The summed E-state index contributed by atoms with van der Waals surface area (Å²) >= 11 is 0. The molecule has 0 aliphatic heterocycles. The number of unbranched alkanes of at least 4 members (excludes halogenated alkanes) is 46. The van der Waals surface area contributed by atoms with Gasteiger partial charge in [0.1, 0.15) is 13.2 Å². The zero-order valence-corrected chi connectivity index (χ0v) is 53.2. The van der Waals surface area contributed by atoms with Gasteiger partial charge in [0.05, 0.1) is 0 Å². The summed E-state index contributed by atoms with van der Waals surface area (Å²) in [5, 5.41) is 0. The molecular formula is C73H134O6. The second-order valence-corrected chi connectivity index (χ2v) is 23.8. The Morgan fingerprint density at radius 1 is 0.253 bits per heavy atom. The molecule has 0 aromatic rings. The third-order valence-corrected chi connectivity index (χ3v) is 15.8. The Balaban J connectivity index is 4.24. The van der Waals surface area contributed by atoms with Crippen molar-refractivity contribution in [2.45, 2.75) is 386 Å². The van der Waals surface area contributed by atoms with E-state index in [1.54, 1.807) is 0 Å². The molecule has 0 aromatic heterocycles. The van der Waals surface area contributed by atoms with Crippen LogP contribution in [0.1, 0.15) is 380 Å². The second-order valence-electron chi connectivity index (χ2n) is 23.8. The third-order valence-electron chi connectivity index (χ3n) is 15.8. The van der Waals surface area contributed by atoms with Gasteiger partial charge in [-0.25, -0.2) is 0 Å². The van der Waals surface area contributed by atoms with Crippen LogP contribution in [0.3, 0.4) is 0 Å². The third kappa shape index (κ3) is 66.1. The first-order valence-corrected chi connectivity index (χ1v) is 35.1. The summed E-state index contributed by atoms with van der Waals surface area (Å²) in [5.74, 6) is -0.857. The first-order chi connectivity index (χ1) is 39.0. The summed E-state index contributed by atoms with van der Waals surface area (Å²) in [6.07, 6.45) is 85.6. The van der Waals surface area contributed by atoms with E-state index in [1.807, 2.05) is 0 Å². The number of ether oxygens (including phenoxy) is 3. The molecule has 0 aliphatic carbocycles. The Labute approximate surface area is 492 Å². The molecule has 79 heavy (non-hydrogen) atoms. The van der Waals surface area contributed by atoms with Crippen LogP contribution < -0.4 is 0 Å². The van der Waals surface area contributed by atoms with Crippen LogP contribution in [-0.4, -0.2) is 37.2 Å². The minimum absolute atomic E-state index is 0.0724. The monoisotopic (exact) mass is 1110 g/mol. The molecule has 0 aliphatic rings. The van der Waals surface area contributed by atoms with Gasteiger partial charge in [0.2, 0.25) is 0 Å². The van der Waals surface area contributed by atoms with Crippen LogP contribution in [0.5, 0.6) is 0 Å². The molecule has 0 rings (SSSR count). The van der Waals surface area contributed by atoms with Gasteiger partial charge in [0.15, 0.2) is 6.10 Å². The minimum Gasteiger partial charge on any atom is -0.462 e. The highest BCUT2D eigenvalue weighted by molar-refractivity contribution is 5.71. The van der Waals surface area contributed by atoms with E-state index in [0.717, 1.165) is 77.0 Å². The minimum atomic E-state index is -0.776. The molecule has 0 radical (unpaired) electrons. The van der Waals surface area contributed by atoms with E-state index in [9.17, 15) is 14.4 Å². The molecule has 6 heteroatoms. The SMILES string of the molecule is CCCCCC/C=C\CCCCCCCC(=O)OCC(COC(=O)CCCCCCCCCCCCCC/C=C\C/C=C\C/C=C\CCCCCCC)OC(=O)CCCCCCCCCCCCCCCCCCCCCCC. The Morgan fingerprint density at radius 3 is 0.734 bits per heavy atom. The Kier molecular flexibility index (Phi) is 65.6. The highest BCUT2D eigenvalue weighted by atomic mass is 16.6. The van der Waals surface area contributed by atoms with E-state index in [4.69, 9.17) is 14.2 Å². The molecule has 6 nitrogen and oxygen atoms in total. The van der Waals surface area contributed by atoms with Gasteiger partial charge in [0, 0.05) is 19.3 Å². The molecule has 0 N–H and O–H groups in total. The topological polar surface area (TPSA) is 78.9 Å². The van der Waals surface area contributed by atoms with Crippen molar-refractivity contribution in [2.75, 3.05) is 13.2 Å². The number of carbonyl (C=O) groups is 3. The number of rotatable bonds is 65. The first kappa shape index (κ1) is 76.4. The molecule has 0 saturated heterocycles. The molecular weight excluding hydrogens is 973 g/mol. The van der Waals surface area contributed by atoms with Crippen molar-refractivity contribution in [2.24, 2.45) is 0 Å². The van der Waals surface area contributed by atoms with Gasteiger partial charge >= 0.3 is 17.9 Å². The Bertz CT molecular complexity index is 1360. The normalized spacial score (nSPS) is 12.3. The lowest BCUT2D eigenvalue weighted by atomic mass is 10.0. The zero-order chi connectivity index (χ0) is 57.1. The van der Waals surface area contributed by atoms with Gasteiger partial charge in [-0.15, -0.1) is 0 Å². The summed E-state index contributed by atoms with van der Waals surface area (Å²) in [7, 11) is 0. The van der Waals surface area contributed by atoms with Crippen molar-refractivity contribution >= 4 is 17.9 Å². The van der Waals surface area contributed by atoms with Crippen LogP contribution in [-0.2, 0) is 28.6 Å². The number of carbonyl (C=O) groups excluding carboxylic acids is 3. The van der Waals surface area contributed by atoms with E-state index in [1.165, 1.54) is 263 Å². The smallest absolute Gasteiger partial charge is 0.306 e. The maximum atomic E-state index is 12.9. The van der Waals surface area contributed by atoms with Crippen LogP contribution >= 0.6 is 0 Å². The lowest BCUT2D eigenvalue weighted by Gasteiger charge is -2.18. The molecule has 0 saturated carbocycles. The predicted octanol–water partition coefficient (Wildman–Crippen LogP) is 24.1. The fourth-order valence-electron chi connectivity index (χ4n) is 10.5. The lowest BCUT2D eigenvalue weighted by Crippen LogP contribution is -2.30. The van der Waals surface area contributed by atoms with Crippen molar-refractivity contribution in [1.82, 2.24) is 0 Å². The van der Waals surface area contributed by atoms with Crippen molar-refractivity contribution in [3.8, 4) is 0 Å². The van der Waals surface area contributed by atoms with Gasteiger partial charge in [-0.1, -0.05) is 326 Å².